The smallest absolute Gasteiger partial charge is 0.132 e. The van der Waals surface area contributed by atoms with Crippen molar-refractivity contribution in [1.29, 1.82) is 0 Å². The first kappa shape index (κ1) is 18.3. The van der Waals surface area contributed by atoms with Gasteiger partial charge in [-0.2, -0.15) is 0 Å². The molecule has 0 fully saturated rings. The first-order valence-corrected chi connectivity index (χ1v) is 8.73. The van der Waals surface area contributed by atoms with Crippen LogP contribution in [0.3, 0.4) is 0 Å². The molecule has 0 atom stereocenters. The highest BCUT2D eigenvalue weighted by Crippen LogP contribution is 2.38. The van der Waals surface area contributed by atoms with Crippen LogP contribution in [0.2, 0.25) is 0 Å². The van der Waals surface area contributed by atoms with Gasteiger partial charge in [-0.1, -0.05) is 63.2 Å². The summed E-state index contributed by atoms with van der Waals surface area (Å²) in [7, 11) is 0. The van der Waals surface area contributed by atoms with Crippen molar-refractivity contribution >= 4 is 6.21 Å². The summed E-state index contributed by atoms with van der Waals surface area (Å²) < 4.78 is 6.10. The van der Waals surface area contributed by atoms with Gasteiger partial charge in [0.25, 0.3) is 0 Å². The molecular formula is C22H29NO. The van der Waals surface area contributed by atoms with E-state index in [1.165, 1.54) is 11.1 Å². The molecule has 0 saturated heterocycles. The molecule has 2 aromatic carbocycles. The molecule has 0 bridgehead atoms. The van der Waals surface area contributed by atoms with Gasteiger partial charge in [-0.25, -0.2) is 0 Å². The van der Waals surface area contributed by atoms with Crippen molar-refractivity contribution in [2.24, 2.45) is 4.99 Å². The second kappa shape index (κ2) is 7.65. The lowest BCUT2D eigenvalue weighted by atomic mass is 9.83. The lowest BCUT2D eigenvalue weighted by Gasteiger charge is -2.25. The number of ether oxygens (including phenoxy) is 1. The summed E-state index contributed by atoms with van der Waals surface area (Å²) in [6, 6.07) is 15.1. The van der Waals surface area contributed by atoms with E-state index in [1.54, 1.807) is 0 Å². The molecule has 0 radical (unpaired) electrons. The van der Waals surface area contributed by atoms with Gasteiger partial charge in [0.15, 0.2) is 0 Å². The zero-order chi connectivity index (χ0) is 17.7. The third-order valence-corrected chi connectivity index (χ3v) is 3.88. The van der Waals surface area contributed by atoms with Gasteiger partial charge in [0.05, 0.1) is 6.61 Å². The molecule has 2 heteroatoms. The topological polar surface area (TPSA) is 21.6 Å². The van der Waals surface area contributed by atoms with E-state index in [1.807, 2.05) is 19.2 Å². The summed E-state index contributed by atoms with van der Waals surface area (Å²) in [6.07, 6.45) is 1.98. The minimum absolute atomic E-state index is 0.0140. The average Bonchev–Trinajstić information content (AvgIpc) is 2.53. The molecule has 2 nitrogen and oxygen atoms in total. The second-order valence-electron chi connectivity index (χ2n) is 7.32. The number of rotatable bonds is 5. The molecule has 0 saturated carbocycles. The maximum absolute atomic E-state index is 6.10. The Hall–Kier alpha value is -2.09. The summed E-state index contributed by atoms with van der Waals surface area (Å²) in [5.41, 5.74) is 4.65. The molecule has 0 aliphatic rings. The van der Waals surface area contributed by atoms with Gasteiger partial charge in [-0.3, -0.25) is 4.99 Å². The van der Waals surface area contributed by atoms with Crippen molar-refractivity contribution in [2.75, 3.05) is 6.61 Å². The molecule has 0 aromatic heterocycles. The van der Waals surface area contributed by atoms with Gasteiger partial charge >= 0.3 is 0 Å². The third-order valence-electron chi connectivity index (χ3n) is 3.88. The van der Waals surface area contributed by atoms with E-state index in [0.29, 0.717) is 6.61 Å². The number of hydrogen-bond donors (Lipinski definition) is 0. The number of benzene rings is 2. The highest BCUT2D eigenvalue weighted by molar-refractivity contribution is 5.94. The minimum Gasteiger partial charge on any atom is -0.493 e. The molecule has 128 valence electrons. The maximum Gasteiger partial charge on any atom is 0.132 e. The van der Waals surface area contributed by atoms with Crippen LogP contribution in [0.4, 0.5) is 0 Å². The fraction of sp³-hybridized carbons (Fsp3) is 0.409. The molecule has 2 aromatic rings. The van der Waals surface area contributed by atoms with E-state index in [4.69, 9.17) is 4.74 Å². The first-order chi connectivity index (χ1) is 11.3. The van der Waals surface area contributed by atoms with Crippen molar-refractivity contribution in [1.82, 2.24) is 0 Å². The fourth-order valence-corrected chi connectivity index (χ4v) is 2.71. The molecule has 0 amide bonds. The molecule has 24 heavy (non-hydrogen) atoms. The Bertz CT molecular complexity index is 694. The van der Waals surface area contributed by atoms with Gasteiger partial charge in [0.2, 0.25) is 0 Å². The predicted octanol–water partition coefficient (Wildman–Crippen LogP) is 5.88. The van der Waals surface area contributed by atoms with Crippen molar-refractivity contribution in [3.8, 4) is 16.9 Å². The summed E-state index contributed by atoms with van der Waals surface area (Å²) in [5.74, 6) is 0.954. The van der Waals surface area contributed by atoms with Crippen molar-refractivity contribution < 1.29 is 4.74 Å². The van der Waals surface area contributed by atoms with Gasteiger partial charge in [-0.15, -0.1) is 0 Å². The average molecular weight is 323 g/mol. The Balaban J connectivity index is 2.74. The van der Waals surface area contributed by atoms with Crippen LogP contribution >= 0.6 is 0 Å². The van der Waals surface area contributed by atoms with Crippen LogP contribution < -0.4 is 4.74 Å². The summed E-state index contributed by atoms with van der Waals surface area (Å²) in [5, 5.41) is 0. The first-order valence-electron chi connectivity index (χ1n) is 8.73. The number of nitrogens with zero attached hydrogens (tertiary/aromatic N) is 1. The standard InChI is InChI=1S/C22H29NO/c1-7-24-21-19(15-23-16(2)3)18(17-11-9-8-10-12-17)13-14-20(21)22(4,5)6/h8-16H,7H2,1-6H3/b23-15+. The molecule has 0 heterocycles. The highest BCUT2D eigenvalue weighted by atomic mass is 16.5. The molecule has 0 unspecified atom stereocenters. The van der Waals surface area contributed by atoms with Crippen LogP contribution in [0.5, 0.6) is 5.75 Å². The third kappa shape index (κ3) is 4.25. The summed E-state index contributed by atoms with van der Waals surface area (Å²) in [6.45, 7) is 13.5. The van der Waals surface area contributed by atoms with Gasteiger partial charge < -0.3 is 4.74 Å². The Morgan fingerprint density at radius 3 is 2.25 bits per heavy atom. The zero-order valence-corrected chi connectivity index (χ0v) is 15.8. The quantitative estimate of drug-likeness (QED) is 0.630. The summed E-state index contributed by atoms with van der Waals surface area (Å²) >= 11 is 0. The van der Waals surface area contributed by atoms with Crippen LogP contribution in [0.15, 0.2) is 47.5 Å². The van der Waals surface area contributed by atoms with Crippen molar-refractivity contribution in [2.45, 2.75) is 53.0 Å². The highest BCUT2D eigenvalue weighted by Gasteiger charge is 2.23. The minimum atomic E-state index is 0.0140. The van der Waals surface area contributed by atoms with E-state index >= 15 is 0 Å². The molecule has 0 spiro atoms. The Morgan fingerprint density at radius 1 is 1.04 bits per heavy atom. The molecule has 2 rings (SSSR count). The Morgan fingerprint density at radius 2 is 1.71 bits per heavy atom. The van der Waals surface area contributed by atoms with Crippen LogP contribution in [-0.2, 0) is 5.41 Å². The van der Waals surface area contributed by atoms with E-state index in [2.05, 4.69) is 76.0 Å². The molecule has 0 aliphatic carbocycles. The second-order valence-corrected chi connectivity index (χ2v) is 7.32. The van der Waals surface area contributed by atoms with E-state index in [9.17, 15) is 0 Å². The monoisotopic (exact) mass is 323 g/mol. The van der Waals surface area contributed by atoms with Crippen LogP contribution in [0.25, 0.3) is 11.1 Å². The molecule has 0 N–H and O–H groups in total. The predicted molar refractivity (Wildman–Crippen MR) is 104 cm³/mol. The maximum atomic E-state index is 6.10. The SMILES string of the molecule is CCOc1c(C(C)(C)C)ccc(-c2ccccc2)c1/C=N/C(C)C. The largest absolute Gasteiger partial charge is 0.493 e. The van der Waals surface area contributed by atoms with Crippen LogP contribution in [0, 0.1) is 0 Å². The lowest BCUT2D eigenvalue weighted by molar-refractivity contribution is 0.329. The Kier molecular flexibility index (Phi) is 5.82. The van der Waals surface area contributed by atoms with E-state index < -0.39 is 0 Å². The molecule has 0 aliphatic heterocycles. The van der Waals surface area contributed by atoms with E-state index in [-0.39, 0.29) is 11.5 Å². The number of aliphatic imine (C=N–C) groups is 1. The van der Waals surface area contributed by atoms with Gasteiger partial charge in [0, 0.05) is 23.4 Å². The van der Waals surface area contributed by atoms with Crippen LogP contribution in [0.1, 0.15) is 52.7 Å². The molecular weight excluding hydrogens is 294 g/mol. The Labute approximate surface area is 146 Å². The normalized spacial score (nSPS) is 12.1. The van der Waals surface area contributed by atoms with Crippen LogP contribution in [-0.4, -0.2) is 18.9 Å². The fourth-order valence-electron chi connectivity index (χ4n) is 2.71. The van der Waals surface area contributed by atoms with Gasteiger partial charge in [-0.05, 0) is 37.3 Å². The zero-order valence-electron chi connectivity index (χ0n) is 15.8. The number of hydrogen-bond acceptors (Lipinski definition) is 2. The summed E-state index contributed by atoms with van der Waals surface area (Å²) in [4.78, 5) is 4.64. The lowest BCUT2D eigenvalue weighted by Crippen LogP contribution is -2.15. The van der Waals surface area contributed by atoms with Crippen molar-refractivity contribution in [3.63, 3.8) is 0 Å². The van der Waals surface area contributed by atoms with E-state index in [0.717, 1.165) is 16.9 Å². The van der Waals surface area contributed by atoms with Gasteiger partial charge in [0.1, 0.15) is 5.75 Å². The van der Waals surface area contributed by atoms with Crippen molar-refractivity contribution in [3.05, 3.63) is 53.6 Å².